The van der Waals surface area contributed by atoms with Gasteiger partial charge in [-0.3, -0.25) is 14.2 Å². The van der Waals surface area contributed by atoms with E-state index in [9.17, 15) is 9.59 Å². The zero-order valence-corrected chi connectivity index (χ0v) is 18.2. The predicted molar refractivity (Wildman–Crippen MR) is 124 cm³/mol. The minimum absolute atomic E-state index is 0.00119. The number of rotatable bonds is 7. The fraction of sp³-hybridized carbons (Fsp3) is 0.160. The predicted octanol–water partition coefficient (Wildman–Crippen LogP) is 4.95. The van der Waals surface area contributed by atoms with Gasteiger partial charge in [0.1, 0.15) is 5.75 Å². The fourth-order valence-electron chi connectivity index (χ4n) is 3.42. The van der Waals surface area contributed by atoms with Crippen LogP contribution in [-0.4, -0.2) is 22.4 Å². The number of methoxy groups -OCH3 is 1. The Morgan fingerprint density at radius 1 is 1.03 bits per heavy atom. The van der Waals surface area contributed by atoms with Crippen molar-refractivity contribution in [3.05, 3.63) is 99.8 Å². The molecule has 5 nitrogen and oxygen atoms in total. The van der Waals surface area contributed by atoms with Gasteiger partial charge in [-0.25, -0.2) is 4.98 Å². The number of thioether (sulfide) groups is 1. The molecule has 0 fully saturated rings. The molecule has 0 saturated heterocycles. The molecule has 0 radical (unpaired) electrons. The van der Waals surface area contributed by atoms with Crippen molar-refractivity contribution in [3.63, 3.8) is 0 Å². The Morgan fingerprint density at radius 2 is 1.77 bits per heavy atom. The number of benzene rings is 3. The maximum Gasteiger partial charge on any atom is 0.262 e. The molecular weight excluding hydrogens is 408 g/mol. The van der Waals surface area contributed by atoms with Gasteiger partial charge < -0.3 is 4.74 Å². The Morgan fingerprint density at radius 3 is 2.52 bits per heavy atom. The van der Waals surface area contributed by atoms with Crippen molar-refractivity contribution in [1.29, 1.82) is 0 Å². The molecule has 0 saturated carbocycles. The summed E-state index contributed by atoms with van der Waals surface area (Å²) in [5.74, 6) is 1.22. The molecule has 0 atom stereocenters. The number of carbonyl (C=O) groups is 1. The molecule has 0 aliphatic heterocycles. The lowest BCUT2D eigenvalue weighted by atomic mass is 10.1. The van der Waals surface area contributed by atoms with Crippen molar-refractivity contribution >= 4 is 28.4 Å². The molecule has 0 spiro atoms. The van der Waals surface area contributed by atoms with Gasteiger partial charge in [-0.1, -0.05) is 54.2 Å². The molecule has 6 heteroatoms. The number of aromatic nitrogens is 2. The fourth-order valence-corrected chi connectivity index (χ4v) is 4.39. The zero-order chi connectivity index (χ0) is 21.8. The van der Waals surface area contributed by atoms with Crippen LogP contribution < -0.4 is 10.3 Å². The van der Waals surface area contributed by atoms with Crippen LogP contribution in [0.5, 0.6) is 5.75 Å². The highest BCUT2D eigenvalue weighted by Gasteiger charge is 2.14. The molecule has 1 heterocycles. The largest absolute Gasteiger partial charge is 0.496 e. The molecule has 0 aliphatic carbocycles. The molecule has 0 bridgehead atoms. The lowest BCUT2D eigenvalue weighted by Crippen LogP contribution is -2.24. The second kappa shape index (κ2) is 9.18. The van der Waals surface area contributed by atoms with Crippen LogP contribution in [0.15, 0.2) is 82.7 Å². The van der Waals surface area contributed by atoms with Gasteiger partial charge in [-0.05, 0) is 42.8 Å². The Balaban J connectivity index is 1.75. The smallest absolute Gasteiger partial charge is 0.262 e. The molecule has 3 aromatic carbocycles. The molecule has 31 heavy (non-hydrogen) atoms. The lowest BCUT2D eigenvalue weighted by Gasteiger charge is -2.14. The summed E-state index contributed by atoms with van der Waals surface area (Å²) in [4.78, 5) is 29.9. The second-order valence-electron chi connectivity index (χ2n) is 7.16. The average molecular weight is 431 g/mol. The van der Waals surface area contributed by atoms with Crippen molar-refractivity contribution in [3.8, 4) is 5.75 Å². The van der Waals surface area contributed by atoms with Crippen LogP contribution in [0.2, 0.25) is 0 Å². The quantitative estimate of drug-likeness (QED) is 0.236. The summed E-state index contributed by atoms with van der Waals surface area (Å²) in [5, 5.41) is 1.22. The van der Waals surface area contributed by atoms with Crippen LogP contribution in [0, 0.1) is 0 Å². The normalized spacial score (nSPS) is 10.9. The Bertz CT molecular complexity index is 1300. The van der Waals surface area contributed by atoms with E-state index >= 15 is 0 Å². The van der Waals surface area contributed by atoms with E-state index in [2.05, 4.69) is 0 Å². The van der Waals surface area contributed by atoms with E-state index in [0.717, 1.165) is 11.1 Å². The third kappa shape index (κ3) is 4.54. The van der Waals surface area contributed by atoms with E-state index in [0.29, 0.717) is 39.7 Å². The van der Waals surface area contributed by atoms with E-state index in [1.807, 2.05) is 54.6 Å². The molecule has 0 unspecified atom stereocenters. The monoisotopic (exact) mass is 430 g/mol. The molecule has 0 N–H and O–H groups in total. The molecule has 1 aromatic heterocycles. The van der Waals surface area contributed by atoms with Gasteiger partial charge in [0.15, 0.2) is 10.9 Å². The van der Waals surface area contributed by atoms with Gasteiger partial charge >= 0.3 is 0 Å². The van der Waals surface area contributed by atoms with Crippen molar-refractivity contribution < 1.29 is 9.53 Å². The van der Waals surface area contributed by atoms with Crippen molar-refractivity contribution in [2.75, 3.05) is 7.11 Å². The first-order valence-corrected chi connectivity index (χ1v) is 10.9. The molecular formula is C25H22N2O3S. The molecule has 4 aromatic rings. The summed E-state index contributed by atoms with van der Waals surface area (Å²) in [6.07, 6.45) is 0. The van der Waals surface area contributed by atoms with Crippen LogP contribution in [0.25, 0.3) is 10.9 Å². The zero-order valence-electron chi connectivity index (χ0n) is 17.4. The number of hydrogen-bond donors (Lipinski definition) is 0. The van der Waals surface area contributed by atoms with Gasteiger partial charge in [0.2, 0.25) is 0 Å². The summed E-state index contributed by atoms with van der Waals surface area (Å²) >= 11 is 1.46. The summed E-state index contributed by atoms with van der Waals surface area (Å²) in [6, 6.07) is 22.7. The van der Waals surface area contributed by atoms with Crippen LogP contribution in [0.1, 0.15) is 28.4 Å². The highest BCUT2D eigenvalue weighted by molar-refractivity contribution is 7.98. The van der Waals surface area contributed by atoms with E-state index in [1.165, 1.54) is 11.8 Å². The van der Waals surface area contributed by atoms with E-state index in [4.69, 9.17) is 9.72 Å². The second-order valence-corrected chi connectivity index (χ2v) is 8.10. The Hall–Kier alpha value is -3.38. The Kier molecular flexibility index (Phi) is 6.18. The average Bonchev–Trinajstić information content (AvgIpc) is 2.80. The number of fused-ring (bicyclic) bond motifs is 1. The first kappa shape index (κ1) is 20.9. The van der Waals surface area contributed by atoms with Crippen LogP contribution in [-0.2, 0) is 12.3 Å². The maximum absolute atomic E-state index is 13.3. The van der Waals surface area contributed by atoms with Crippen molar-refractivity contribution in [2.45, 2.75) is 24.4 Å². The molecule has 0 amide bonds. The summed E-state index contributed by atoms with van der Waals surface area (Å²) in [5.41, 5.74) is 3.14. The van der Waals surface area contributed by atoms with Crippen molar-refractivity contribution in [2.24, 2.45) is 0 Å². The number of Topliss-reactive ketones (excluding diaryl/α,β-unsaturated/α-hetero) is 1. The number of hydrogen-bond acceptors (Lipinski definition) is 5. The van der Waals surface area contributed by atoms with Gasteiger partial charge in [0, 0.05) is 16.9 Å². The third-order valence-corrected chi connectivity index (χ3v) is 6.08. The number of ketones is 1. The summed E-state index contributed by atoms with van der Waals surface area (Å²) in [6.45, 7) is 1.98. The third-order valence-electron chi connectivity index (χ3n) is 5.05. The molecule has 0 aliphatic rings. The molecule has 156 valence electrons. The standard InChI is InChI=1S/C25H22N2O3S/c1-17(28)19-12-13-23(30-2)20(14-19)16-31-25-26-22-11-7-6-10-21(22)24(29)27(25)15-18-8-4-3-5-9-18/h3-14H,15-16H2,1-2H3. The number of nitrogens with zero attached hydrogens (tertiary/aromatic N) is 2. The summed E-state index contributed by atoms with van der Waals surface area (Å²) < 4.78 is 7.19. The summed E-state index contributed by atoms with van der Waals surface area (Å²) in [7, 11) is 1.61. The maximum atomic E-state index is 13.3. The minimum Gasteiger partial charge on any atom is -0.496 e. The van der Waals surface area contributed by atoms with E-state index < -0.39 is 0 Å². The van der Waals surface area contributed by atoms with Crippen LogP contribution in [0.4, 0.5) is 0 Å². The lowest BCUT2D eigenvalue weighted by molar-refractivity contribution is 0.101. The first-order valence-electron chi connectivity index (χ1n) is 9.91. The Labute approximate surface area is 184 Å². The SMILES string of the molecule is COc1ccc(C(C)=O)cc1CSc1nc2ccccc2c(=O)n1Cc1ccccc1. The number of carbonyl (C=O) groups excluding carboxylic acids is 1. The van der Waals surface area contributed by atoms with Crippen LogP contribution in [0.3, 0.4) is 0 Å². The highest BCUT2D eigenvalue weighted by atomic mass is 32.2. The number of para-hydroxylation sites is 1. The van der Waals surface area contributed by atoms with E-state index in [1.54, 1.807) is 36.8 Å². The number of ether oxygens (including phenoxy) is 1. The molecule has 4 rings (SSSR count). The van der Waals surface area contributed by atoms with Crippen molar-refractivity contribution in [1.82, 2.24) is 9.55 Å². The highest BCUT2D eigenvalue weighted by Crippen LogP contribution is 2.29. The van der Waals surface area contributed by atoms with Gasteiger partial charge in [-0.2, -0.15) is 0 Å². The van der Waals surface area contributed by atoms with Gasteiger partial charge in [-0.15, -0.1) is 0 Å². The van der Waals surface area contributed by atoms with Crippen LogP contribution >= 0.6 is 11.8 Å². The first-order chi connectivity index (χ1) is 15.1. The van der Waals surface area contributed by atoms with E-state index in [-0.39, 0.29) is 11.3 Å². The van der Waals surface area contributed by atoms with Gasteiger partial charge in [0.25, 0.3) is 5.56 Å². The minimum atomic E-state index is -0.0681. The van der Waals surface area contributed by atoms with Gasteiger partial charge in [0.05, 0.1) is 24.6 Å². The topological polar surface area (TPSA) is 61.2 Å².